The number of aliphatic imine (C=N–C) groups is 1. The van der Waals surface area contributed by atoms with Gasteiger partial charge in [-0.25, -0.2) is 0 Å². The number of benzene rings is 1. The highest BCUT2D eigenvalue weighted by molar-refractivity contribution is 6.02. The number of furan rings is 1. The molecule has 1 aromatic heterocycles. The lowest BCUT2D eigenvalue weighted by Crippen LogP contribution is -2.24. The molecule has 0 bridgehead atoms. The molecule has 0 unspecified atom stereocenters. The summed E-state index contributed by atoms with van der Waals surface area (Å²) < 4.78 is 45.1. The van der Waals surface area contributed by atoms with Crippen molar-refractivity contribution in [1.82, 2.24) is 0 Å². The molecule has 1 aromatic carbocycles. The Morgan fingerprint density at radius 2 is 1.87 bits per heavy atom. The van der Waals surface area contributed by atoms with Gasteiger partial charge in [0.05, 0.1) is 12.3 Å². The molecule has 0 N–H and O–H groups in total. The van der Waals surface area contributed by atoms with Crippen molar-refractivity contribution in [2.24, 2.45) is 10.9 Å². The third-order valence-corrected chi connectivity index (χ3v) is 4.04. The van der Waals surface area contributed by atoms with Crippen molar-refractivity contribution >= 4 is 5.71 Å². The molecule has 1 heterocycles. The summed E-state index contributed by atoms with van der Waals surface area (Å²) in [5.41, 5.74) is -0.131. The van der Waals surface area contributed by atoms with E-state index in [1.54, 1.807) is 0 Å². The second kappa shape index (κ2) is 6.60. The molecule has 1 aliphatic carbocycles. The molecule has 0 amide bonds. The minimum absolute atomic E-state index is 0.232. The molecule has 1 aliphatic rings. The average molecular weight is 321 g/mol. The van der Waals surface area contributed by atoms with Crippen LogP contribution in [0.25, 0.3) is 0 Å². The number of hydrogen-bond donors (Lipinski definition) is 0. The Morgan fingerprint density at radius 3 is 2.43 bits per heavy atom. The molecule has 0 aliphatic heterocycles. The van der Waals surface area contributed by atoms with Gasteiger partial charge in [-0.1, -0.05) is 43.2 Å². The van der Waals surface area contributed by atoms with Gasteiger partial charge in [-0.2, -0.15) is 13.2 Å². The maximum atomic E-state index is 13.4. The third kappa shape index (κ3) is 4.24. The van der Waals surface area contributed by atoms with Gasteiger partial charge in [-0.15, -0.1) is 0 Å². The zero-order valence-electron chi connectivity index (χ0n) is 12.6. The number of hydrogen-bond acceptors (Lipinski definition) is 2. The van der Waals surface area contributed by atoms with E-state index in [4.69, 9.17) is 4.42 Å². The lowest BCUT2D eigenvalue weighted by atomic mass is 10.0. The molecule has 23 heavy (non-hydrogen) atoms. The van der Waals surface area contributed by atoms with Crippen LogP contribution in [0.3, 0.4) is 0 Å². The van der Waals surface area contributed by atoms with Crippen molar-refractivity contribution in [3.8, 4) is 0 Å². The topological polar surface area (TPSA) is 25.5 Å². The predicted molar refractivity (Wildman–Crippen MR) is 82.4 cm³/mol. The summed E-state index contributed by atoms with van der Waals surface area (Å²) in [7, 11) is 0. The van der Waals surface area contributed by atoms with E-state index in [-0.39, 0.29) is 5.76 Å². The summed E-state index contributed by atoms with van der Waals surface area (Å²) >= 11 is 0. The van der Waals surface area contributed by atoms with Gasteiger partial charge in [-0.3, -0.25) is 4.99 Å². The fourth-order valence-corrected chi connectivity index (χ4v) is 2.63. The zero-order chi connectivity index (χ0) is 16.3. The Hall–Kier alpha value is -2.04. The van der Waals surface area contributed by atoms with Crippen molar-refractivity contribution in [2.75, 3.05) is 0 Å². The Bertz CT molecular complexity index is 643. The van der Waals surface area contributed by atoms with Gasteiger partial charge in [-0.05, 0) is 36.5 Å². The summed E-state index contributed by atoms with van der Waals surface area (Å²) in [6.07, 6.45) is 0.579. The van der Waals surface area contributed by atoms with E-state index in [0.29, 0.717) is 12.3 Å². The van der Waals surface area contributed by atoms with E-state index in [0.717, 1.165) is 12.0 Å². The van der Waals surface area contributed by atoms with Gasteiger partial charge in [0, 0.05) is 0 Å². The van der Waals surface area contributed by atoms with Crippen LogP contribution in [0.2, 0.25) is 0 Å². The van der Waals surface area contributed by atoms with E-state index in [1.165, 1.54) is 31.2 Å². The Kier molecular flexibility index (Phi) is 4.55. The monoisotopic (exact) mass is 321 g/mol. The van der Waals surface area contributed by atoms with Crippen molar-refractivity contribution < 1.29 is 17.6 Å². The number of halogens is 3. The molecule has 1 atom stereocenters. The summed E-state index contributed by atoms with van der Waals surface area (Å²) in [5.74, 6) is 0.416. The highest BCUT2D eigenvalue weighted by atomic mass is 19.4. The third-order valence-electron chi connectivity index (χ3n) is 4.04. The fourth-order valence-electron chi connectivity index (χ4n) is 2.63. The quantitative estimate of drug-likeness (QED) is 0.639. The normalized spacial score (nSPS) is 17.3. The lowest BCUT2D eigenvalue weighted by molar-refractivity contribution is -0.0593. The SMILES string of the molecule is FC(F)(F)C(=N[C@H](CCC1CC1)c1ccccc1)c1ccco1. The minimum atomic E-state index is -4.54. The molecular formula is C18H18F3NO. The van der Waals surface area contributed by atoms with E-state index in [9.17, 15) is 13.2 Å². The largest absolute Gasteiger partial charge is 0.463 e. The van der Waals surface area contributed by atoms with Crippen molar-refractivity contribution in [1.29, 1.82) is 0 Å². The van der Waals surface area contributed by atoms with Crippen LogP contribution in [-0.2, 0) is 0 Å². The molecule has 0 radical (unpaired) electrons. The van der Waals surface area contributed by atoms with Crippen LogP contribution in [-0.4, -0.2) is 11.9 Å². The number of alkyl halides is 3. The summed E-state index contributed by atoms with van der Waals surface area (Å²) in [5, 5.41) is 0. The van der Waals surface area contributed by atoms with Crippen LogP contribution in [0.1, 0.15) is 43.0 Å². The van der Waals surface area contributed by atoms with Crippen LogP contribution < -0.4 is 0 Å². The van der Waals surface area contributed by atoms with Crippen molar-refractivity contribution in [3.05, 3.63) is 60.1 Å². The molecule has 0 saturated heterocycles. The average Bonchev–Trinajstić information content (AvgIpc) is 3.20. The van der Waals surface area contributed by atoms with Crippen LogP contribution in [0.4, 0.5) is 13.2 Å². The Balaban J connectivity index is 1.92. The second-order valence-electron chi connectivity index (χ2n) is 5.90. The first kappa shape index (κ1) is 15.8. The zero-order valence-corrected chi connectivity index (χ0v) is 12.6. The first-order chi connectivity index (χ1) is 11.0. The molecule has 2 nitrogen and oxygen atoms in total. The minimum Gasteiger partial charge on any atom is -0.463 e. The lowest BCUT2D eigenvalue weighted by Gasteiger charge is -2.16. The van der Waals surface area contributed by atoms with E-state index in [1.807, 2.05) is 30.3 Å². The first-order valence-corrected chi connectivity index (χ1v) is 7.78. The summed E-state index contributed by atoms with van der Waals surface area (Å²) in [6, 6.07) is 11.4. The van der Waals surface area contributed by atoms with Gasteiger partial charge >= 0.3 is 6.18 Å². The Labute approximate surface area is 133 Å². The predicted octanol–water partition coefficient (Wildman–Crippen LogP) is 5.56. The molecule has 5 heteroatoms. The molecular weight excluding hydrogens is 303 g/mol. The highest BCUT2D eigenvalue weighted by Gasteiger charge is 2.39. The van der Waals surface area contributed by atoms with E-state index >= 15 is 0 Å². The van der Waals surface area contributed by atoms with Crippen LogP contribution in [0, 0.1) is 5.92 Å². The van der Waals surface area contributed by atoms with Gasteiger partial charge in [0.25, 0.3) is 0 Å². The van der Waals surface area contributed by atoms with E-state index < -0.39 is 17.9 Å². The second-order valence-corrected chi connectivity index (χ2v) is 5.90. The number of rotatable bonds is 6. The maximum Gasteiger partial charge on any atom is 0.436 e. The first-order valence-electron chi connectivity index (χ1n) is 7.78. The molecule has 2 aromatic rings. The standard InChI is InChI=1S/C18H18F3NO/c19-18(20,21)17(16-7-4-12-23-16)22-15(11-10-13-8-9-13)14-5-2-1-3-6-14/h1-7,12-13,15H,8-11H2/t15-/m1/s1. The van der Waals surface area contributed by atoms with Gasteiger partial charge in [0.2, 0.25) is 0 Å². The van der Waals surface area contributed by atoms with Crippen LogP contribution in [0.5, 0.6) is 0 Å². The summed E-state index contributed by atoms with van der Waals surface area (Å²) in [4.78, 5) is 4.06. The smallest absolute Gasteiger partial charge is 0.436 e. The van der Waals surface area contributed by atoms with Crippen molar-refractivity contribution in [2.45, 2.75) is 37.9 Å². The van der Waals surface area contributed by atoms with Gasteiger partial charge < -0.3 is 4.42 Å². The molecule has 0 spiro atoms. The molecule has 122 valence electrons. The van der Waals surface area contributed by atoms with Gasteiger partial charge in [0.1, 0.15) is 0 Å². The maximum absolute atomic E-state index is 13.4. The van der Waals surface area contributed by atoms with Crippen LogP contribution >= 0.6 is 0 Å². The van der Waals surface area contributed by atoms with E-state index in [2.05, 4.69) is 4.99 Å². The van der Waals surface area contributed by atoms with Crippen molar-refractivity contribution in [3.63, 3.8) is 0 Å². The number of nitrogens with zero attached hydrogens (tertiary/aromatic N) is 1. The van der Waals surface area contributed by atoms with Crippen LogP contribution in [0.15, 0.2) is 58.1 Å². The van der Waals surface area contributed by atoms with Gasteiger partial charge in [0.15, 0.2) is 11.5 Å². The molecule has 3 rings (SSSR count). The fraction of sp³-hybridized carbons (Fsp3) is 0.389. The summed E-state index contributed by atoms with van der Waals surface area (Å²) in [6.45, 7) is 0. The molecule has 1 fully saturated rings. The Morgan fingerprint density at radius 1 is 1.13 bits per heavy atom. The molecule has 1 saturated carbocycles. The highest BCUT2D eigenvalue weighted by Crippen LogP contribution is 2.37.